The normalized spacial score (nSPS) is 12.1. The van der Waals surface area contributed by atoms with Crippen molar-refractivity contribution in [3.8, 4) is 0 Å². The summed E-state index contributed by atoms with van der Waals surface area (Å²) in [5.74, 6) is 1.20. The van der Waals surface area contributed by atoms with Crippen molar-refractivity contribution in [1.82, 2.24) is 10.2 Å². The van der Waals surface area contributed by atoms with Crippen LogP contribution >= 0.6 is 35.0 Å². The van der Waals surface area contributed by atoms with Gasteiger partial charge in [-0.3, -0.25) is 9.59 Å². The van der Waals surface area contributed by atoms with E-state index in [0.29, 0.717) is 28.6 Å². The van der Waals surface area contributed by atoms with Crippen LogP contribution in [0, 0.1) is 0 Å². The molecule has 0 aliphatic carbocycles. The minimum Gasteiger partial charge on any atom is -0.350 e. The van der Waals surface area contributed by atoms with Gasteiger partial charge in [0.2, 0.25) is 11.8 Å². The molecule has 0 saturated carbocycles. The Labute approximate surface area is 234 Å². The largest absolute Gasteiger partial charge is 0.350 e. The average molecular weight is 558 g/mol. The maximum atomic E-state index is 13.7. The lowest BCUT2D eigenvalue weighted by molar-refractivity contribution is -0.141. The van der Waals surface area contributed by atoms with E-state index in [1.54, 1.807) is 28.8 Å². The average Bonchev–Trinajstić information content (AvgIpc) is 2.85. The van der Waals surface area contributed by atoms with Gasteiger partial charge in [-0.25, -0.2) is 0 Å². The Morgan fingerprint density at radius 2 is 1.54 bits per heavy atom. The third-order valence-electron chi connectivity index (χ3n) is 5.70. The van der Waals surface area contributed by atoms with Crippen LogP contribution in [0.5, 0.6) is 0 Å². The number of nitrogens with one attached hydrogen (secondary N) is 1. The number of hydrogen-bond donors (Lipinski definition) is 1. The smallest absolute Gasteiger partial charge is 0.243 e. The summed E-state index contributed by atoms with van der Waals surface area (Å²) >= 11 is 14.3. The topological polar surface area (TPSA) is 49.4 Å². The van der Waals surface area contributed by atoms with Crippen molar-refractivity contribution in [2.75, 3.05) is 5.75 Å². The first-order chi connectivity index (χ1) is 17.6. The highest BCUT2D eigenvalue weighted by Crippen LogP contribution is 2.25. The van der Waals surface area contributed by atoms with E-state index in [-0.39, 0.29) is 18.4 Å². The molecule has 0 aliphatic rings. The Balaban J connectivity index is 1.85. The standard InChI is InChI=1S/C30H34Cl2N2O2S/c1-30(2,3)33-29(36)27(18-22-10-6-4-7-11-22)34(20-24-14-15-25(31)19-26(24)32)28(35)16-17-37-21-23-12-8-5-9-13-23/h4-15,19,27H,16-18,20-21H2,1-3H3,(H,33,36)/t27-/m0/s1. The van der Waals surface area contributed by atoms with E-state index in [4.69, 9.17) is 23.2 Å². The molecule has 0 heterocycles. The summed E-state index contributed by atoms with van der Waals surface area (Å²) < 4.78 is 0. The molecular weight excluding hydrogens is 523 g/mol. The number of benzene rings is 3. The summed E-state index contributed by atoms with van der Waals surface area (Å²) in [6.45, 7) is 6.03. The molecule has 0 aromatic heterocycles. The van der Waals surface area contributed by atoms with Crippen molar-refractivity contribution >= 4 is 46.8 Å². The van der Waals surface area contributed by atoms with Crippen molar-refractivity contribution in [3.05, 3.63) is 106 Å². The highest BCUT2D eigenvalue weighted by Gasteiger charge is 2.32. The maximum absolute atomic E-state index is 13.7. The molecule has 3 aromatic carbocycles. The van der Waals surface area contributed by atoms with Crippen LogP contribution in [0.15, 0.2) is 78.9 Å². The highest BCUT2D eigenvalue weighted by molar-refractivity contribution is 7.98. The molecule has 196 valence electrons. The SMILES string of the molecule is CC(C)(C)NC(=O)[C@H](Cc1ccccc1)N(Cc1ccc(Cl)cc1Cl)C(=O)CCSCc1ccccc1. The zero-order valence-electron chi connectivity index (χ0n) is 21.5. The number of carbonyl (C=O) groups is 2. The first-order valence-corrected chi connectivity index (χ1v) is 14.2. The molecule has 7 heteroatoms. The van der Waals surface area contributed by atoms with Gasteiger partial charge in [-0.05, 0) is 49.6 Å². The molecule has 3 rings (SSSR count). The van der Waals surface area contributed by atoms with E-state index in [1.807, 2.05) is 75.4 Å². The first-order valence-electron chi connectivity index (χ1n) is 12.3. The van der Waals surface area contributed by atoms with Gasteiger partial charge in [0.1, 0.15) is 6.04 Å². The fraction of sp³-hybridized carbons (Fsp3) is 0.333. The Kier molecular flexibility index (Phi) is 10.9. The van der Waals surface area contributed by atoms with Gasteiger partial charge in [-0.1, -0.05) is 89.9 Å². The van der Waals surface area contributed by atoms with Gasteiger partial charge in [0.25, 0.3) is 0 Å². The van der Waals surface area contributed by atoms with E-state index >= 15 is 0 Å². The molecule has 0 radical (unpaired) electrons. The molecule has 0 aliphatic heterocycles. The quantitative estimate of drug-likeness (QED) is 0.254. The van der Waals surface area contributed by atoms with Crippen LogP contribution < -0.4 is 5.32 Å². The summed E-state index contributed by atoms with van der Waals surface area (Å²) in [5.41, 5.74) is 2.51. The molecule has 0 spiro atoms. The fourth-order valence-electron chi connectivity index (χ4n) is 3.91. The number of thioether (sulfide) groups is 1. The van der Waals surface area contributed by atoms with Gasteiger partial charge in [-0.15, -0.1) is 0 Å². The van der Waals surface area contributed by atoms with Crippen LogP contribution in [0.25, 0.3) is 0 Å². The number of carbonyl (C=O) groups excluding carboxylic acids is 2. The van der Waals surface area contributed by atoms with Crippen molar-refractivity contribution in [2.24, 2.45) is 0 Å². The molecule has 1 atom stereocenters. The molecule has 37 heavy (non-hydrogen) atoms. The minimum absolute atomic E-state index is 0.0865. The van der Waals surface area contributed by atoms with Crippen molar-refractivity contribution in [3.63, 3.8) is 0 Å². The number of rotatable bonds is 11. The van der Waals surface area contributed by atoms with Crippen molar-refractivity contribution in [1.29, 1.82) is 0 Å². The predicted molar refractivity (Wildman–Crippen MR) is 156 cm³/mol. The van der Waals surface area contributed by atoms with Crippen LogP contribution in [0.4, 0.5) is 0 Å². The molecule has 0 unspecified atom stereocenters. The zero-order valence-corrected chi connectivity index (χ0v) is 23.9. The molecule has 3 aromatic rings. The summed E-state index contributed by atoms with van der Waals surface area (Å²) in [7, 11) is 0. The Morgan fingerprint density at radius 3 is 2.14 bits per heavy atom. The van der Waals surface area contributed by atoms with E-state index in [2.05, 4.69) is 17.4 Å². The molecule has 4 nitrogen and oxygen atoms in total. The summed E-state index contributed by atoms with van der Waals surface area (Å²) in [5, 5.41) is 4.08. The molecule has 2 amide bonds. The number of nitrogens with zero attached hydrogens (tertiary/aromatic N) is 1. The van der Waals surface area contributed by atoms with Gasteiger partial charge in [-0.2, -0.15) is 11.8 Å². The lowest BCUT2D eigenvalue weighted by Gasteiger charge is -2.34. The lowest BCUT2D eigenvalue weighted by atomic mass is 10.0. The predicted octanol–water partition coefficient (Wildman–Crippen LogP) is 7.17. The van der Waals surface area contributed by atoms with Crippen molar-refractivity contribution < 1.29 is 9.59 Å². The van der Waals surface area contributed by atoms with Gasteiger partial charge in [0, 0.05) is 46.5 Å². The van der Waals surface area contributed by atoms with Crippen LogP contribution in [0.3, 0.4) is 0 Å². The number of halogens is 2. The van der Waals surface area contributed by atoms with Gasteiger partial charge in [0.15, 0.2) is 0 Å². The molecule has 1 N–H and O–H groups in total. The van der Waals surface area contributed by atoms with Crippen LogP contribution in [-0.2, 0) is 28.3 Å². The van der Waals surface area contributed by atoms with Gasteiger partial charge < -0.3 is 10.2 Å². The Hall–Kier alpha value is -2.47. The Bertz CT molecular complexity index is 1170. The molecule has 0 fully saturated rings. The van der Waals surface area contributed by atoms with Crippen LogP contribution in [0.2, 0.25) is 10.0 Å². The van der Waals surface area contributed by atoms with E-state index in [1.165, 1.54) is 5.56 Å². The minimum atomic E-state index is -0.694. The fourth-order valence-corrected chi connectivity index (χ4v) is 5.27. The third kappa shape index (κ3) is 9.73. The molecule has 0 bridgehead atoms. The van der Waals surface area contributed by atoms with Crippen molar-refractivity contribution in [2.45, 2.75) is 57.5 Å². The van der Waals surface area contributed by atoms with Crippen LogP contribution in [-0.4, -0.2) is 34.0 Å². The second kappa shape index (κ2) is 13.9. The monoisotopic (exact) mass is 556 g/mol. The van der Waals surface area contributed by atoms with E-state index in [0.717, 1.165) is 16.9 Å². The molecule has 0 saturated heterocycles. The van der Waals surface area contributed by atoms with E-state index in [9.17, 15) is 9.59 Å². The zero-order chi connectivity index (χ0) is 26.8. The second-order valence-electron chi connectivity index (χ2n) is 9.99. The summed E-state index contributed by atoms with van der Waals surface area (Å²) in [6.07, 6.45) is 0.716. The first kappa shape index (κ1) is 29.1. The van der Waals surface area contributed by atoms with Gasteiger partial charge >= 0.3 is 0 Å². The van der Waals surface area contributed by atoms with Gasteiger partial charge in [0.05, 0.1) is 0 Å². The van der Waals surface area contributed by atoms with E-state index < -0.39 is 11.6 Å². The number of amides is 2. The highest BCUT2D eigenvalue weighted by atomic mass is 35.5. The maximum Gasteiger partial charge on any atom is 0.243 e. The summed E-state index contributed by atoms with van der Waals surface area (Å²) in [4.78, 5) is 29.0. The lowest BCUT2D eigenvalue weighted by Crippen LogP contribution is -2.54. The third-order valence-corrected chi connectivity index (χ3v) is 7.31. The Morgan fingerprint density at radius 1 is 0.919 bits per heavy atom. The number of hydrogen-bond acceptors (Lipinski definition) is 3. The molecular formula is C30H34Cl2N2O2S. The second-order valence-corrected chi connectivity index (χ2v) is 11.9. The summed E-state index contributed by atoms with van der Waals surface area (Å²) in [6, 6.07) is 24.5. The van der Waals surface area contributed by atoms with Crippen LogP contribution in [0.1, 0.15) is 43.9 Å².